The van der Waals surface area contributed by atoms with Crippen LogP contribution in [0.2, 0.25) is 0 Å². The Hall–Kier alpha value is -2.37. The maximum atomic E-state index is 11.5. The molecular formula is C13H16N4O2. The molecule has 0 aliphatic rings. The molecule has 2 aromatic rings. The van der Waals surface area contributed by atoms with E-state index < -0.39 is 0 Å². The van der Waals surface area contributed by atoms with Gasteiger partial charge in [0.05, 0.1) is 12.2 Å². The molecule has 100 valence electrons. The lowest BCUT2D eigenvalue weighted by Crippen LogP contribution is -2.19. The van der Waals surface area contributed by atoms with Gasteiger partial charge >= 0.3 is 0 Å². The van der Waals surface area contributed by atoms with Gasteiger partial charge in [-0.05, 0) is 26.0 Å². The van der Waals surface area contributed by atoms with E-state index in [9.17, 15) is 4.79 Å². The van der Waals surface area contributed by atoms with Crippen LogP contribution >= 0.6 is 0 Å². The van der Waals surface area contributed by atoms with E-state index in [2.05, 4.69) is 20.6 Å². The lowest BCUT2D eigenvalue weighted by atomic mass is 10.3. The van der Waals surface area contributed by atoms with Crippen LogP contribution in [0, 0.1) is 13.8 Å². The smallest absolute Gasteiger partial charge is 0.269 e. The minimum absolute atomic E-state index is 0.216. The minimum atomic E-state index is -0.216. The van der Waals surface area contributed by atoms with Crippen molar-refractivity contribution in [2.75, 3.05) is 12.4 Å². The van der Waals surface area contributed by atoms with Gasteiger partial charge in [-0.25, -0.2) is 4.98 Å². The molecular weight excluding hydrogens is 244 g/mol. The molecule has 2 heterocycles. The van der Waals surface area contributed by atoms with Gasteiger partial charge in [0, 0.05) is 18.9 Å². The standard InChI is InChI=1S/C13H16N4O2/c1-8-9(2)19-12(17-8)7-16-10-4-5-15-11(6-10)13(18)14-3/h4-6H,7H2,1-3H3,(H,14,18)(H,15,16). The Balaban J connectivity index is 2.05. The lowest BCUT2D eigenvalue weighted by molar-refractivity contribution is 0.0958. The number of pyridine rings is 1. The van der Waals surface area contributed by atoms with Crippen LogP contribution in [0.3, 0.4) is 0 Å². The molecule has 0 aliphatic heterocycles. The molecule has 0 spiro atoms. The molecule has 0 fully saturated rings. The van der Waals surface area contributed by atoms with Crippen LogP contribution in [0.1, 0.15) is 27.8 Å². The maximum Gasteiger partial charge on any atom is 0.269 e. The van der Waals surface area contributed by atoms with Gasteiger partial charge in [-0.1, -0.05) is 0 Å². The summed E-state index contributed by atoms with van der Waals surface area (Å²) in [6, 6.07) is 3.47. The van der Waals surface area contributed by atoms with Gasteiger partial charge in [-0.3, -0.25) is 9.78 Å². The largest absolute Gasteiger partial charge is 0.444 e. The second-order valence-electron chi connectivity index (χ2n) is 4.11. The van der Waals surface area contributed by atoms with E-state index in [0.29, 0.717) is 18.1 Å². The third-order valence-corrected chi connectivity index (χ3v) is 2.74. The van der Waals surface area contributed by atoms with Crippen LogP contribution in [0.5, 0.6) is 0 Å². The van der Waals surface area contributed by atoms with Gasteiger partial charge in [-0.15, -0.1) is 0 Å². The summed E-state index contributed by atoms with van der Waals surface area (Å²) >= 11 is 0. The van der Waals surface area contributed by atoms with E-state index in [1.54, 1.807) is 25.4 Å². The summed E-state index contributed by atoms with van der Waals surface area (Å²) in [5.41, 5.74) is 2.05. The summed E-state index contributed by atoms with van der Waals surface area (Å²) in [4.78, 5) is 19.7. The third-order valence-electron chi connectivity index (χ3n) is 2.74. The van der Waals surface area contributed by atoms with E-state index in [0.717, 1.165) is 17.1 Å². The number of nitrogens with zero attached hydrogens (tertiary/aromatic N) is 2. The molecule has 1 amide bonds. The monoisotopic (exact) mass is 260 g/mol. The second-order valence-corrected chi connectivity index (χ2v) is 4.11. The van der Waals surface area contributed by atoms with E-state index in [1.807, 2.05) is 13.8 Å². The number of carbonyl (C=O) groups is 1. The molecule has 0 radical (unpaired) electrons. The Morgan fingerprint density at radius 2 is 2.21 bits per heavy atom. The van der Waals surface area contributed by atoms with E-state index in [-0.39, 0.29) is 5.91 Å². The van der Waals surface area contributed by atoms with Crippen molar-refractivity contribution < 1.29 is 9.21 Å². The Bertz CT molecular complexity index is 573. The zero-order chi connectivity index (χ0) is 13.8. The number of anilines is 1. The highest BCUT2D eigenvalue weighted by atomic mass is 16.4. The van der Waals surface area contributed by atoms with Crippen molar-refractivity contribution in [3.05, 3.63) is 41.4 Å². The predicted molar refractivity (Wildman–Crippen MR) is 70.9 cm³/mol. The second kappa shape index (κ2) is 5.51. The average molecular weight is 260 g/mol. The first kappa shape index (κ1) is 13.1. The highest BCUT2D eigenvalue weighted by molar-refractivity contribution is 5.92. The topological polar surface area (TPSA) is 80.0 Å². The van der Waals surface area contributed by atoms with Crippen molar-refractivity contribution in [2.24, 2.45) is 0 Å². The van der Waals surface area contributed by atoms with Crippen molar-refractivity contribution in [3.63, 3.8) is 0 Å². The summed E-state index contributed by atoms with van der Waals surface area (Å²) in [5, 5.41) is 5.68. The predicted octanol–water partition coefficient (Wildman–Crippen LogP) is 1.66. The molecule has 0 aliphatic carbocycles. The maximum absolute atomic E-state index is 11.5. The highest BCUT2D eigenvalue weighted by Crippen LogP contribution is 2.12. The van der Waals surface area contributed by atoms with Crippen LogP contribution in [-0.2, 0) is 6.54 Å². The molecule has 0 bridgehead atoms. The number of nitrogens with one attached hydrogen (secondary N) is 2. The highest BCUT2D eigenvalue weighted by Gasteiger charge is 2.07. The SMILES string of the molecule is CNC(=O)c1cc(NCc2nc(C)c(C)o2)ccn1. The minimum Gasteiger partial charge on any atom is -0.444 e. The van der Waals surface area contributed by atoms with Crippen LogP contribution in [0.4, 0.5) is 5.69 Å². The Kier molecular flexibility index (Phi) is 3.79. The number of rotatable bonds is 4. The average Bonchev–Trinajstić information content (AvgIpc) is 2.75. The van der Waals surface area contributed by atoms with Crippen LogP contribution in [-0.4, -0.2) is 22.9 Å². The molecule has 0 aromatic carbocycles. The normalized spacial score (nSPS) is 10.3. The number of aromatic nitrogens is 2. The number of amides is 1. The molecule has 0 unspecified atom stereocenters. The van der Waals surface area contributed by atoms with Gasteiger partial charge in [0.1, 0.15) is 11.5 Å². The van der Waals surface area contributed by atoms with Gasteiger partial charge < -0.3 is 15.1 Å². The molecule has 0 saturated heterocycles. The van der Waals surface area contributed by atoms with Crippen molar-refractivity contribution in [3.8, 4) is 0 Å². The van der Waals surface area contributed by atoms with E-state index >= 15 is 0 Å². The van der Waals surface area contributed by atoms with Crippen molar-refractivity contribution in [2.45, 2.75) is 20.4 Å². The number of oxazole rings is 1. The van der Waals surface area contributed by atoms with Crippen molar-refractivity contribution in [1.29, 1.82) is 0 Å². The van der Waals surface area contributed by atoms with Gasteiger partial charge in [0.15, 0.2) is 0 Å². The fourth-order valence-electron chi connectivity index (χ4n) is 1.59. The number of hydrogen-bond acceptors (Lipinski definition) is 5. The summed E-state index contributed by atoms with van der Waals surface area (Å²) < 4.78 is 5.47. The van der Waals surface area contributed by atoms with Crippen LogP contribution in [0.25, 0.3) is 0 Å². The number of aryl methyl sites for hydroxylation is 2. The summed E-state index contributed by atoms with van der Waals surface area (Å²) in [7, 11) is 1.57. The zero-order valence-corrected chi connectivity index (χ0v) is 11.2. The number of hydrogen-bond donors (Lipinski definition) is 2. The molecule has 6 heteroatoms. The third kappa shape index (κ3) is 3.09. The Morgan fingerprint density at radius 3 is 2.84 bits per heavy atom. The molecule has 6 nitrogen and oxygen atoms in total. The van der Waals surface area contributed by atoms with Crippen LogP contribution in [0.15, 0.2) is 22.7 Å². The molecule has 0 atom stereocenters. The first-order valence-electron chi connectivity index (χ1n) is 5.95. The summed E-state index contributed by atoms with van der Waals surface area (Å²) in [6.45, 7) is 4.24. The quantitative estimate of drug-likeness (QED) is 0.873. The first-order valence-corrected chi connectivity index (χ1v) is 5.95. The van der Waals surface area contributed by atoms with Crippen molar-refractivity contribution >= 4 is 11.6 Å². The number of carbonyl (C=O) groups excluding carboxylic acids is 1. The molecule has 2 N–H and O–H groups in total. The van der Waals surface area contributed by atoms with Gasteiger partial charge in [0.2, 0.25) is 5.89 Å². The molecule has 19 heavy (non-hydrogen) atoms. The van der Waals surface area contributed by atoms with Gasteiger partial charge in [-0.2, -0.15) is 0 Å². The Morgan fingerprint density at radius 1 is 1.42 bits per heavy atom. The molecule has 2 aromatic heterocycles. The zero-order valence-electron chi connectivity index (χ0n) is 11.2. The lowest BCUT2D eigenvalue weighted by Gasteiger charge is -2.05. The molecule has 2 rings (SSSR count). The van der Waals surface area contributed by atoms with E-state index in [1.165, 1.54) is 0 Å². The fraction of sp³-hybridized carbons (Fsp3) is 0.308. The molecule has 0 saturated carbocycles. The van der Waals surface area contributed by atoms with Crippen LogP contribution < -0.4 is 10.6 Å². The fourth-order valence-corrected chi connectivity index (χ4v) is 1.59. The first-order chi connectivity index (χ1) is 9.10. The van der Waals surface area contributed by atoms with E-state index in [4.69, 9.17) is 4.42 Å². The Labute approximate surface area is 111 Å². The summed E-state index contributed by atoms with van der Waals surface area (Å²) in [5.74, 6) is 1.22. The van der Waals surface area contributed by atoms with Crippen molar-refractivity contribution in [1.82, 2.24) is 15.3 Å². The summed E-state index contributed by atoms with van der Waals surface area (Å²) in [6.07, 6.45) is 1.58. The van der Waals surface area contributed by atoms with Gasteiger partial charge in [0.25, 0.3) is 5.91 Å².